The van der Waals surface area contributed by atoms with E-state index in [1.807, 2.05) is 0 Å². The van der Waals surface area contributed by atoms with Crippen LogP contribution >= 0.6 is 0 Å². The van der Waals surface area contributed by atoms with Gasteiger partial charge in [0.2, 0.25) is 0 Å². The Balaban J connectivity index is 2.39. The first-order chi connectivity index (χ1) is 9.00. The van der Waals surface area contributed by atoms with Crippen LogP contribution in [0.3, 0.4) is 0 Å². The lowest BCUT2D eigenvalue weighted by atomic mass is 10.0. The van der Waals surface area contributed by atoms with Crippen LogP contribution in [0, 0.1) is 0 Å². The highest BCUT2D eigenvalue weighted by molar-refractivity contribution is 5.66. The maximum absolute atomic E-state index is 12.6. The lowest BCUT2D eigenvalue weighted by Crippen LogP contribution is -2.04. The van der Waals surface area contributed by atoms with Crippen LogP contribution < -0.4 is 0 Å². The zero-order valence-corrected chi connectivity index (χ0v) is 9.59. The van der Waals surface area contributed by atoms with Gasteiger partial charge in [0.15, 0.2) is 0 Å². The molecule has 0 aliphatic carbocycles. The summed E-state index contributed by atoms with van der Waals surface area (Å²) >= 11 is 0. The molecule has 0 heterocycles. The molecular formula is C13H8F3N3. The lowest BCUT2D eigenvalue weighted by Gasteiger charge is -2.08. The molecular weight excluding hydrogens is 255 g/mol. The van der Waals surface area contributed by atoms with Gasteiger partial charge in [-0.1, -0.05) is 41.5 Å². The second kappa shape index (κ2) is 5.04. The molecule has 0 radical (unpaired) electrons. The number of azide groups is 1. The zero-order valence-electron chi connectivity index (χ0n) is 9.59. The molecule has 0 saturated carbocycles. The molecule has 0 aliphatic heterocycles. The Labute approximate surface area is 106 Å². The van der Waals surface area contributed by atoms with Gasteiger partial charge in [0.25, 0.3) is 0 Å². The van der Waals surface area contributed by atoms with E-state index in [-0.39, 0.29) is 0 Å². The van der Waals surface area contributed by atoms with Crippen molar-refractivity contribution in [2.24, 2.45) is 5.11 Å². The fourth-order valence-electron chi connectivity index (χ4n) is 1.65. The average Bonchev–Trinajstić information content (AvgIpc) is 2.39. The van der Waals surface area contributed by atoms with E-state index in [0.29, 0.717) is 16.8 Å². The number of hydrogen-bond acceptors (Lipinski definition) is 1. The summed E-state index contributed by atoms with van der Waals surface area (Å²) in [6.45, 7) is 0. The molecule has 0 saturated heterocycles. The second-order valence-corrected chi connectivity index (χ2v) is 3.81. The lowest BCUT2D eigenvalue weighted by molar-refractivity contribution is -0.137. The van der Waals surface area contributed by atoms with Crippen LogP contribution in [0.1, 0.15) is 5.56 Å². The van der Waals surface area contributed by atoms with Crippen LogP contribution in [0.15, 0.2) is 53.6 Å². The maximum atomic E-state index is 12.6. The van der Waals surface area contributed by atoms with E-state index in [9.17, 15) is 13.2 Å². The minimum Gasteiger partial charge on any atom is -0.166 e. The smallest absolute Gasteiger partial charge is 0.166 e. The Bertz CT molecular complexity index is 626. The van der Waals surface area contributed by atoms with E-state index in [0.717, 1.165) is 12.1 Å². The molecule has 3 nitrogen and oxygen atoms in total. The average molecular weight is 263 g/mol. The number of halogens is 3. The van der Waals surface area contributed by atoms with Gasteiger partial charge in [-0.2, -0.15) is 13.2 Å². The van der Waals surface area contributed by atoms with Gasteiger partial charge in [-0.25, -0.2) is 0 Å². The van der Waals surface area contributed by atoms with Crippen molar-refractivity contribution >= 4 is 5.69 Å². The zero-order chi connectivity index (χ0) is 13.9. The van der Waals surface area contributed by atoms with Crippen molar-refractivity contribution < 1.29 is 13.2 Å². The van der Waals surface area contributed by atoms with Crippen LogP contribution in [0.5, 0.6) is 0 Å². The first-order valence-electron chi connectivity index (χ1n) is 5.33. The number of alkyl halides is 3. The van der Waals surface area contributed by atoms with Gasteiger partial charge in [0.05, 0.1) is 5.56 Å². The molecule has 0 aliphatic rings. The highest BCUT2D eigenvalue weighted by Crippen LogP contribution is 2.32. The fourth-order valence-corrected chi connectivity index (χ4v) is 1.65. The van der Waals surface area contributed by atoms with Crippen LogP contribution in [0.25, 0.3) is 21.6 Å². The molecule has 0 spiro atoms. The molecule has 0 fully saturated rings. The molecule has 0 amide bonds. The van der Waals surface area contributed by atoms with Crippen LogP contribution in [0.2, 0.25) is 0 Å². The minimum atomic E-state index is -4.36. The van der Waals surface area contributed by atoms with Crippen LogP contribution in [-0.4, -0.2) is 0 Å². The van der Waals surface area contributed by atoms with Gasteiger partial charge in [-0.3, -0.25) is 0 Å². The van der Waals surface area contributed by atoms with Crippen LogP contribution in [0.4, 0.5) is 18.9 Å². The molecule has 0 unspecified atom stereocenters. The standard InChI is InChI=1S/C13H8F3N3/c14-13(15,16)11-3-1-2-10(8-11)9-4-6-12(7-5-9)18-19-17/h1-8H. The molecule has 96 valence electrons. The first-order valence-corrected chi connectivity index (χ1v) is 5.33. The molecule has 2 aromatic carbocycles. The molecule has 0 aromatic heterocycles. The summed E-state index contributed by atoms with van der Waals surface area (Å²) in [6, 6.07) is 11.4. The molecule has 0 atom stereocenters. The van der Waals surface area contributed by atoms with E-state index < -0.39 is 11.7 Å². The molecule has 6 heteroatoms. The van der Waals surface area contributed by atoms with E-state index in [2.05, 4.69) is 10.0 Å². The Morgan fingerprint density at radius 2 is 1.63 bits per heavy atom. The fraction of sp³-hybridized carbons (Fsp3) is 0.0769. The molecule has 2 rings (SSSR count). The van der Waals surface area contributed by atoms with E-state index in [4.69, 9.17) is 5.53 Å². The molecule has 0 N–H and O–H groups in total. The summed E-state index contributed by atoms with van der Waals surface area (Å²) in [5.74, 6) is 0. The summed E-state index contributed by atoms with van der Waals surface area (Å²) in [5, 5.41) is 3.40. The van der Waals surface area contributed by atoms with Crippen molar-refractivity contribution in [3.8, 4) is 11.1 Å². The van der Waals surface area contributed by atoms with Gasteiger partial charge in [0.1, 0.15) is 0 Å². The summed E-state index contributed by atoms with van der Waals surface area (Å²) in [6.07, 6.45) is -4.36. The Morgan fingerprint density at radius 1 is 0.947 bits per heavy atom. The van der Waals surface area contributed by atoms with Crippen molar-refractivity contribution in [3.63, 3.8) is 0 Å². The summed E-state index contributed by atoms with van der Waals surface area (Å²) in [4.78, 5) is 2.63. The molecule has 2 aromatic rings. The topological polar surface area (TPSA) is 48.8 Å². The summed E-state index contributed by atoms with van der Waals surface area (Å²) in [7, 11) is 0. The van der Waals surface area contributed by atoms with Gasteiger partial charge in [-0.05, 0) is 28.8 Å². The largest absolute Gasteiger partial charge is 0.416 e. The normalized spacial score (nSPS) is 10.9. The molecule has 19 heavy (non-hydrogen) atoms. The summed E-state index contributed by atoms with van der Waals surface area (Å²) < 4.78 is 37.8. The Morgan fingerprint density at radius 3 is 2.21 bits per heavy atom. The van der Waals surface area contributed by atoms with Crippen molar-refractivity contribution in [2.75, 3.05) is 0 Å². The van der Waals surface area contributed by atoms with Gasteiger partial charge in [0, 0.05) is 10.6 Å². The van der Waals surface area contributed by atoms with E-state index >= 15 is 0 Å². The number of nitrogens with zero attached hydrogens (tertiary/aromatic N) is 3. The first kappa shape index (κ1) is 13.0. The van der Waals surface area contributed by atoms with Crippen molar-refractivity contribution in [2.45, 2.75) is 6.18 Å². The minimum absolute atomic E-state index is 0.415. The van der Waals surface area contributed by atoms with Gasteiger partial charge < -0.3 is 0 Å². The predicted octanol–water partition coefficient (Wildman–Crippen LogP) is 5.31. The number of rotatable bonds is 2. The third-order valence-electron chi connectivity index (χ3n) is 2.55. The monoisotopic (exact) mass is 263 g/mol. The van der Waals surface area contributed by atoms with Gasteiger partial charge in [-0.15, -0.1) is 0 Å². The third kappa shape index (κ3) is 3.05. The highest BCUT2D eigenvalue weighted by atomic mass is 19.4. The Hall–Kier alpha value is -2.46. The van der Waals surface area contributed by atoms with Crippen LogP contribution in [-0.2, 0) is 6.18 Å². The quantitative estimate of drug-likeness (QED) is 0.400. The Kier molecular flexibility index (Phi) is 3.44. The highest BCUT2D eigenvalue weighted by Gasteiger charge is 2.30. The van der Waals surface area contributed by atoms with Crippen molar-refractivity contribution in [3.05, 3.63) is 64.5 Å². The number of benzene rings is 2. The van der Waals surface area contributed by atoms with E-state index in [1.54, 1.807) is 30.3 Å². The van der Waals surface area contributed by atoms with E-state index in [1.165, 1.54) is 6.07 Å². The third-order valence-corrected chi connectivity index (χ3v) is 2.55. The second-order valence-electron chi connectivity index (χ2n) is 3.81. The van der Waals surface area contributed by atoms with Gasteiger partial charge >= 0.3 is 6.18 Å². The SMILES string of the molecule is [N-]=[N+]=Nc1ccc(-c2cccc(C(F)(F)F)c2)cc1. The number of hydrogen-bond donors (Lipinski definition) is 0. The maximum Gasteiger partial charge on any atom is 0.416 e. The van der Waals surface area contributed by atoms with Crippen molar-refractivity contribution in [1.82, 2.24) is 0 Å². The molecule has 0 bridgehead atoms. The van der Waals surface area contributed by atoms with Crippen molar-refractivity contribution in [1.29, 1.82) is 0 Å². The predicted molar refractivity (Wildman–Crippen MR) is 65.7 cm³/mol. The summed E-state index contributed by atoms with van der Waals surface area (Å²) in [5.41, 5.74) is 9.08.